The molecule has 8 heteroatoms. The van der Waals surface area contributed by atoms with Crippen LogP contribution in [0.5, 0.6) is 0 Å². The summed E-state index contributed by atoms with van der Waals surface area (Å²) in [5.74, 6) is 1.85. The van der Waals surface area contributed by atoms with Crippen molar-refractivity contribution in [3.63, 3.8) is 0 Å². The first-order valence-electron chi connectivity index (χ1n) is 13.2. The summed E-state index contributed by atoms with van der Waals surface area (Å²) in [5, 5.41) is 12.8. The van der Waals surface area contributed by atoms with Crippen LogP contribution >= 0.6 is 11.6 Å². The maximum absolute atomic E-state index is 13.0. The van der Waals surface area contributed by atoms with Crippen LogP contribution in [0.25, 0.3) is 17.1 Å². The van der Waals surface area contributed by atoms with E-state index in [0.29, 0.717) is 6.54 Å². The Labute approximate surface area is 228 Å². The number of nitrogens with one attached hydrogen (secondary N) is 1. The quantitative estimate of drug-likeness (QED) is 0.390. The van der Waals surface area contributed by atoms with Crippen LogP contribution in [0.3, 0.4) is 0 Å². The van der Waals surface area contributed by atoms with Gasteiger partial charge in [0.2, 0.25) is 5.91 Å². The van der Waals surface area contributed by atoms with Gasteiger partial charge in [-0.2, -0.15) is 0 Å². The normalized spacial score (nSPS) is 15.9. The Morgan fingerprint density at radius 1 is 0.868 bits per heavy atom. The number of halogens is 1. The summed E-state index contributed by atoms with van der Waals surface area (Å²) in [6, 6.07) is 24.4. The van der Waals surface area contributed by atoms with E-state index in [1.54, 1.807) is 0 Å². The van der Waals surface area contributed by atoms with Crippen molar-refractivity contribution in [2.45, 2.75) is 25.8 Å². The monoisotopic (exact) mass is 526 g/mol. The Balaban J connectivity index is 1.08. The van der Waals surface area contributed by atoms with E-state index in [1.807, 2.05) is 36.4 Å². The van der Waals surface area contributed by atoms with Crippen molar-refractivity contribution in [3.8, 4) is 17.1 Å². The molecule has 0 unspecified atom stereocenters. The molecular formula is C30H31ClN6O. The molecule has 38 heavy (non-hydrogen) atoms. The van der Waals surface area contributed by atoms with Crippen molar-refractivity contribution < 1.29 is 4.79 Å². The number of nitrogens with zero attached hydrogens (tertiary/aromatic N) is 5. The first-order chi connectivity index (χ1) is 18.6. The fourth-order valence-electron chi connectivity index (χ4n) is 5.43. The summed E-state index contributed by atoms with van der Waals surface area (Å²) in [7, 11) is 0. The van der Waals surface area contributed by atoms with Crippen LogP contribution in [0.15, 0.2) is 72.8 Å². The number of aromatic nitrogens is 3. The standard InChI is InChI=1S/C30H31ClN6O/c31-25-10-7-22(8-11-25)20-35-15-4-16-36(18-17-35)21-29(38)32-26-12-13-27-24(19-26)9-14-28-33-34-30(37(27)28)23-5-2-1-3-6-23/h1-3,5-8,10-13,19H,4,9,14-18,20-21H2,(H,32,38). The molecule has 194 valence electrons. The molecule has 3 heterocycles. The Bertz CT molecular complexity index is 1420. The van der Waals surface area contributed by atoms with Crippen molar-refractivity contribution in [3.05, 3.63) is 94.8 Å². The van der Waals surface area contributed by atoms with Gasteiger partial charge in [0.15, 0.2) is 5.82 Å². The van der Waals surface area contributed by atoms with E-state index in [2.05, 4.69) is 66.3 Å². The average Bonchev–Trinajstić information content (AvgIpc) is 3.26. The number of amides is 1. The predicted molar refractivity (Wildman–Crippen MR) is 151 cm³/mol. The van der Waals surface area contributed by atoms with Crippen LogP contribution in [-0.4, -0.2) is 63.2 Å². The van der Waals surface area contributed by atoms with Gasteiger partial charge in [0.05, 0.1) is 12.2 Å². The highest BCUT2D eigenvalue weighted by atomic mass is 35.5. The first kappa shape index (κ1) is 24.8. The number of hydrogen-bond donors (Lipinski definition) is 1. The number of fused-ring (bicyclic) bond motifs is 3. The van der Waals surface area contributed by atoms with Crippen LogP contribution in [-0.2, 0) is 24.2 Å². The van der Waals surface area contributed by atoms with Gasteiger partial charge in [-0.1, -0.05) is 54.1 Å². The second-order valence-electron chi connectivity index (χ2n) is 10.1. The van der Waals surface area contributed by atoms with Crippen molar-refractivity contribution in [2.24, 2.45) is 0 Å². The molecule has 1 aromatic heterocycles. The van der Waals surface area contributed by atoms with Crippen LogP contribution in [0, 0.1) is 0 Å². The topological polar surface area (TPSA) is 66.3 Å². The molecular weight excluding hydrogens is 496 g/mol. The van der Waals surface area contributed by atoms with Gasteiger partial charge in [-0.25, -0.2) is 0 Å². The third-order valence-electron chi connectivity index (χ3n) is 7.35. The molecule has 0 aliphatic carbocycles. The summed E-state index contributed by atoms with van der Waals surface area (Å²) < 4.78 is 2.15. The van der Waals surface area contributed by atoms with E-state index < -0.39 is 0 Å². The van der Waals surface area contributed by atoms with E-state index in [0.717, 1.165) is 85.6 Å². The highest BCUT2D eigenvalue weighted by Crippen LogP contribution is 2.31. The van der Waals surface area contributed by atoms with Gasteiger partial charge in [0, 0.05) is 42.3 Å². The van der Waals surface area contributed by atoms with Gasteiger partial charge in [0.1, 0.15) is 5.82 Å². The Morgan fingerprint density at radius 3 is 2.50 bits per heavy atom. The Morgan fingerprint density at radius 2 is 1.66 bits per heavy atom. The molecule has 2 aliphatic rings. The van der Waals surface area contributed by atoms with Crippen molar-refractivity contribution in [1.29, 1.82) is 0 Å². The summed E-state index contributed by atoms with van der Waals surface area (Å²) in [4.78, 5) is 17.7. The molecule has 4 aromatic rings. The number of aryl methyl sites for hydroxylation is 2. The number of carbonyl (C=O) groups is 1. The van der Waals surface area contributed by atoms with E-state index in [9.17, 15) is 4.79 Å². The van der Waals surface area contributed by atoms with Gasteiger partial charge in [0.25, 0.3) is 0 Å². The molecule has 0 spiro atoms. The molecule has 0 saturated carbocycles. The molecule has 3 aromatic carbocycles. The molecule has 0 atom stereocenters. The van der Waals surface area contributed by atoms with E-state index in [-0.39, 0.29) is 5.91 Å². The summed E-state index contributed by atoms with van der Waals surface area (Å²) in [6.07, 6.45) is 2.75. The SMILES string of the molecule is O=C(CN1CCCN(Cc2ccc(Cl)cc2)CC1)Nc1ccc2c(c1)CCc1nnc(-c3ccccc3)n1-2. The minimum absolute atomic E-state index is 0.0295. The molecule has 6 rings (SSSR count). The third-order valence-corrected chi connectivity index (χ3v) is 7.60. The average molecular weight is 527 g/mol. The van der Waals surface area contributed by atoms with Crippen LogP contribution in [0.1, 0.15) is 23.4 Å². The maximum atomic E-state index is 13.0. The highest BCUT2D eigenvalue weighted by Gasteiger charge is 2.23. The van der Waals surface area contributed by atoms with E-state index in [1.165, 1.54) is 11.1 Å². The van der Waals surface area contributed by atoms with Crippen LogP contribution in [0.4, 0.5) is 5.69 Å². The zero-order valence-corrected chi connectivity index (χ0v) is 22.1. The van der Waals surface area contributed by atoms with Gasteiger partial charge in [-0.3, -0.25) is 19.2 Å². The second kappa shape index (κ2) is 11.1. The molecule has 1 N–H and O–H groups in total. The van der Waals surface area contributed by atoms with E-state index >= 15 is 0 Å². The van der Waals surface area contributed by atoms with Crippen molar-refractivity contribution >= 4 is 23.2 Å². The molecule has 1 fully saturated rings. The number of hydrogen-bond acceptors (Lipinski definition) is 5. The highest BCUT2D eigenvalue weighted by molar-refractivity contribution is 6.30. The fraction of sp³-hybridized carbons (Fsp3) is 0.300. The molecule has 1 amide bonds. The maximum Gasteiger partial charge on any atom is 0.238 e. The van der Waals surface area contributed by atoms with Gasteiger partial charge in [-0.05, 0) is 67.4 Å². The van der Waals surface area contributed by atoms with Gasteiger partial charge < -0.3 is 5.32 Å². The lowest BCUT2D eigenvalue weighted by Crippen LogP contribution is -2.36. The van der Waals surface area contributed by atoms with Gasteiger partial charge >= 0.3 is 0 Å². The number of carbonyl (C=O) groups excluding carboxylic acids is 1. The predicted octanol–water partition coefficient (Wildman–Crippen LogP) is 4.83. The lowest BCUT2D eigenvalue weighted by molar-refractivity contribution is -0.117. The molecule has 1 saturated heterocycles. The van der Waals surface area contributed by atoms with Crippen molar-refractivity contribution in [1.82, 2.24) is 24.6 Å². The van der Waals surface area contributed by atoms with Crippen LogP contribution in [0.2, 0.25) is 5.02 Å². The largest absolute Gasteiger partial charge is 0.325 e. The Kier molecular flexibility index (Phi) is 7.22. The molecule has 2 aliphatic heterocycles. The lowest BCUT2D eigenvalue weighted by Gasteiger charge is -2.22. The molecule has 0 bridgehead atoms. The summed E-state index contributed by atoms with van der Waals surface area (Å²) >= 11 is 6.02. The minimum Gasteiger partial charge on any atom is -0.325 e. The second-order valence-corrected chi connectivity index (χ2v) is 10.5. The third kappa shape index (κ3) is 5.50. The van der Waals surface area contributed by atoms with Crippen LogP contribution < -0.4 is 5.32 Å². The smallest absolute Gasteiger partial charge is 0.238 e. The zero-order valence-electron chi connectivity index (χ0n) is 21.3. The number of rotatable bonds is 6. The minimum atomic E-state index is 0.0295. The van der Waals surface area contributed by atoms with Crippen molar-refractivity contribution in [2.75, 3.05) is 38.0 Å². The van der Waals surface area contributed by atoms with Gasteiger partial charge in [-0.15, -0.1) is 10.2 Å². The Hall–Kier alpha value is -3.52. The lowest BCUT2D eigenvalue weighted by atomic mass is 10.0. The first-order valence-corrected chi connectivity index (χ1v) is 13.6. The van der Waals surface area contributed by atoms with E-state index in [4.69, 9.17) is 11.6 Å². The molecule has 7 nitrogen and oxygen atoms in total. The zero-order chi connectivity index (χ0) is 25.9. The molecule has 0 radical (unpaired) electrons. The number of anilines is 1. The number of benzene rings is 3. The summed E-state index contributed by atoms with van der Waals surface area (Å²) in [5.41, 5.74) is 5.43. The summed E-state index contributed by atoms with van der Waals surface area (Å²) in [6.45, 7) is 5.09. The fourth-order valence-corrected chi connectivity index (χ4v) is 5.55.